The summed E-state index contributed by atoms with van der Waals surface area (Å²) in [5, 5.41) is 9.00. The van der Waals surface area contributed by atoms with Gasteiger partial charge in [-0.15, -0.1) is 0 Å². The fourth-order valence-electron chi connectivity index (χ4n) is 2.44. The number of carbonyl (C=O) groups is 1. The van der Waals surface area contributed by atoms with E-state index in [0.717, 1.165) is 16.7 Å². The topological polar surface area (TPSA) is 82.5 Å². The molecule has 5 heteroatoms. The molecule has 1 aliphatic rings. The van der Waals surface area contributed by atoms with Gasteiger partial charge < -0.3 is 5.73 Å². The van der Waals surface area contributed by atoms with Crippen LogP contribution in [-0.2, 0) is 4.79 Å². The normalized spacial score (nSPS) is 17.3. The molecule has 2 N–H and O–H groups in total. The molecule has 22 heavy (non-hydrogen) atoms. The Bertz CT molecular complexity index is 819. The van der Waals surface area contributed by atoms with Gasteiger partial charge >= 0.3 is 0 Å². The number of rotatable bonds is 2. The first-order chi connectivity index (χ1) is 10.6. The van der Waals surface area contributed by atoms with Crippen molar-refractivity contribution in [3.63, 3.8) is 0 Å². The molecule has 0 radical (unpaired) electrons. The van der Waals surface area contributed by atoms with E-state index < -0.39 is 6.04 Å². The highest BCUT2D eigenvalue weighted by molar-refractivity contribution is 6.04. The first-order valence-corrected chi connectivity index (χ1v) is 6.81. The van der Waals surface area contributed by atoms with Crippen molar-refractivity contribution in [2.24, 2.45) is 10.7 Å². The zero-order valence-electron chi connectivity index (χ0n) is 12.0. The van der Waals surface area contributed by atoms with Gasteiger partial charge in [-0.1, -0.05) is 30.3 Å². The Balaban J connectivity index is 2.00. The zero-order valence-corrected chi connectivity index (χ0v) is 12.0. The average molecular weight is 290 g/mol. The summed E-state index contributed by atoms with van der Waals surface area (Å²) in [5.41, 5.74) is 8.95. The molecule has 1 atom stereocenters. The van der Waals surface area contributed by atoms with Gasteiger partial charge in [0.15, 0.2) is 12.0 Å². The van der Waals surface area contributed by atoms with E-state index in [0.29, 0.717) is 5.56 Å². The number of carbonyl (C=O) groups excluding carboxylic acids is 1. The van der Waals surface area contributed by atoms with Gasteiger partial charge in [0.25, 0.3) is 5.91 Å². The summed E-state index contributed by atoms with van der Waals surface area (Å²) in [6.07, 6.45) is 0. The highest BCUT2D eigenvalue weighted by Crippen LogP contribution is 2.28. The van der Waals surface area contributed by atoms with Crippen LogP contribution >= 0.6 is 0 Å². The molecule has 1 unspecified atom stereocenters. The van der Waals surface area contributed by atoms with Crippen molar-refractivity contribution in [3.05, 3.63) is 59.7 Å². The minimum atomic E-state index is -0.593. The van der Waals surface area contributed by atoms with Crippen molar-refractivity contribution < 1.29 is 4.79 Å². The average Bonchev–Trinajstić information content (AvgIpc) is 2.82. The van der Waals surface area contributed by atoms with E-state index in [4.69, 9.17) is 11.0 Å². The first kappa shape index (κ1) is 13.8. The van der Waals surface area contributed by atoms with Gasteiger partial charge in [0, 0.05) is 7.05 Å². The Morgan fingerprint density at radius 3 is 2.50 bits per heavy atom. The minimum absolute atomic E-state index is 0.138. The fraction of sp³-hybridized carbons (Fsp3) is 0.118. The summed E-state index contributed by atoms with van der Waals surface area (Å²) < 4.78 is 0. The number of likely N-dealkylation sites (N-methyl/N-ethyl adjacent to an activating group) is 1. The number of nitrogens with two attached hydrogens (primary N) is 1. The molecule has 2 aromatic rings. The lowest BCUT2D eigenvalue weighted by atomic mass is 9.98. The van der Waals surface area contributed by atoms with Gasteiger partial charge in [-0.3, -0.25) is 9.69 Å². The van der Waals surface area contributed by atoms with Gasteiger partial charge in [0.1, 0.15) is 0 Å². The molecule has 5 nitrogen and oxygen atoms in total. The molecule has 0 fully saturated rings. The van der Waals surface area contributed by atoms with Crippen LogP contribution in [0.5, 0.6) is 0 Å². The van der Waals surface area contributed by atoms with Gasteiger partial charge in [-0.25, -0.2) is 4.99 Å². The van der Waals surface area contributed by atoms with Gasteiger partial charge in [0.2, 0.25) is 0 Å². The highest BCUT2D eigenvalue weighted by atomic mass is 16.2. The van der Waals surface area contributed by atoms with E-state index in [1.54, 1.807) is 13.1 Å². The second kappa shape index (κ2) is 5.34. The molecule has 108 valence electrons. The number of hydrogen-bond donors (Lipinski definition) is 1. The molecule has 0 bridgehead atoms. The standard InChI is InChI=1S/C17H14N4O/c1-21-16(22)15(20-17(21)19)14-7-3-6-13(9-14)12-5-2-4-11(8-12)10-18/h2-9,15H,1H3,(H2,19,20). The van der Waals surface area contributed by atoms with Crippen LogP contribution in [0.3, 0.4) is 0 Å². The molecule has 0 saturated heterocycles. The van der Waals surface area contributed by atoms with Crippen LogP contribution in [0.25, 0.3) is 11.1 Å². The molecule has 2 aromatic carbocycles. The number of nitrogens with zero attached hydrogens (tertiary/aromatic N) is 3. The predicted octanol–water partition coefficient (Wildman–Crippen LogP) is 2.05. The van der Waals surface area contributed by atoms with Crippen molar-refractivity contribution in [2.75, 3.05) is 7.05 Å². The smallest absolute Gasteiger partial charge is 0.258 e. The van der Waals surface area contributed by atoms with E-state index in [1.165, 1.54) is 4.90 Å². The molecular formula is C17H14N4O. The second-order valence-corrected chi connectivity index (χ2v) is 5.11. The predicted molar refractivity (Wildman–Crippen MR) is 83.7 cm³/mol. The summed E-state index contributed by atoms with van der Waals surface area (Å²) in [6.45, 7) is 0. The van der Waals surface area contributed by atoms with Crippen molar-refractivity contribution >= 4 is 11.9 Å². The number of guanidine groups is 1. The number of nitriles is 1. The van der Waals surface area contributed by atoms with Crippen LogP contribution < -0.4 is 5.73 Å². The van der Waals surface area contributed by atoms with Crippen LogP contribution in [0.4, 0.5) is 0 Å². The van der Waals surface area contributed by atoms with Crippen LogP contribution in [0.15, 0.2) is 53.5 Å². The summed E-state index contributed by atoms with van der Waals surface area (Å²) in [5.74, 6) is 0.0901. The molecule has 0 spiro atoms. The van der Waals surface area contributed by atoms with E-state index in [1.807, 2.05) is 42.5 Å². The number of benzene rings is 2. The number of aliphatic imine (C=N–C) groups is 1. The molecule has 1 amide bonds. The zero-order chi connectivity index (χ0) is 15.7. The van der Waals surface area contributed by atoms with Crippen molar-refractivity contribution in [2.45, 2.75) is 6.04 Å². The second-order valence-electron chi connectivity index (χ2n) is 5.11. The summed E-state index contributed by atoms with van der Waals surface area (Å²) in [7, 11) is 1.61. The van der Waals surface area contributed by atoms with Crippen molar-refractivity contribution in [1.29, 1.82) is 5.26 Å². The van der Waals surface area contributed by atoms with E-state index in [9.17, 15) is 4.79 Å². The monoisotopic (exact) mass is 290 g/mol. The maximum atomic E-state index is 12.2. The molecule has 0 saturated carbocycles. The molecule has 3 rings (SSSR count). The van der Waals surface area contributed by atoms with E-state index in [-0.39, 0.29) is 11.9 Å². The summed E-state index contributed by atoms with van der Waals surface area (Å²) >= 11 is 0. The van der Waals surface area contributed by atoms with Gasteiger partial charge in [-0.05, 0) is 34.9 Å². The molecule has 0 aromatic heterocycles. The Labute approximate surface area is 128 Å². The fourth-order valence-corrected chi connectivity index (χ4v) is 2.44. The molecule has 1 aliphatic heterocycles. The Morgan fingerprint density at radius 1 is 1.18 bits per heavy atom. The lowest BCUT2D eigenvalue weighted by Crippen LogP contribution is -2.34. The third-order valence-electron chi connectivity index (χ3n) is 3.70. The quantitative estimate of drug-likeness (QED) is 0.919. The van der Waals surface area contributed by atoms with Gasteiger partial charge in [0.05, 0.1) is 11.6 Å². The third kappa shape index (κ3) is 2.31. The number of amides is 1. The summed E-state index contributed by atoms with van der Waals surface area (Å²) in [6, 6.07) is 16.5. The van der Waals surface area contributed by atoms with Crippen LogP contribution in [0.2, 0.25) is 0 Å². The summed E-state index contributed by atoms with van der Waals surface area (Å²) in [4.78, 5) is 17.7. The number of hydrogen-bond acceptors (Lipinski definition) is 4. The largest absolute Gasteiger partial charge is 0.369 e. The Kier molecular flexibility index (Phi) is 3.36. The highest BCUT2D eigenvalue weighted by Gasteiger charge is 2.31. The van der Waals surface area contributed by atoms with E-state index in [2.05, 4.69) is 11.1 Å². The Hall–Kier alpha value is -3.13. The Morgan fingerprint density at radius 2 is 1.86 bits per heavy atom. The van der Waals surface area contributed by atoms with Crippen molar-refractivity contribution in [1.82, 2.24) is 4.90 Å². The minimum Gasteiger partial charge on any atom is -0.369 e. The first-order valence-electron chi connectivity index (χ1n) is 6.81. The molecule has 0 aliphatic carbocycles. The third-order valence-corrected chi connectivity index (χ3v) is 3.70. The van der Waals surface area contributed by atoms with Gasteiger partial charge in [-0.2, -0.15) is 5.26 Å². The molecule has 1 heterocycles. The molecular weight excluding hydrogens is 276 g/mol. The lowest BCUT2D eigenvalue weighted by molar-refractivity contribution is -0.126. The van der Waals surface area contributed by atoms with Crippen molar-refractivity contribution in [3.8, 4) is 17.2 Å². The van der Waals surface area contributed by atoms with Crippen LogP contribution in [-0.4, -0.2) is 23.8 Å². The SMILES string of the molecule is CN1C(=O)C(c2cccc(-c3cccc(C#N)c3)c2)N=C1N. The van der Waals surface area contributed by atoms with Crippen LogP contribution in [0, 0.1) is 11.3 Å². The van der Waals surface area contributed by atoms with Crippen LogP contribution in [0.1, 0.15) is 17.2 Å². The lowest BCUT2D eigenvalue weighted by Gasteiger charge is -2.11. The maximum Gasteiger partial charge on any atom is 0.258 e. The maximum absolute atomic E-state index is 12.2. The van der Waals surface area contributed by atoms with E-state index >= 15 is 0 Å².